The van der Waals surface area contributed by atoms with Gasteiger partial charge in [-0.3, -0.25) is 4.79 Å². The van der Waals surface area contributed by atoms with Crippen LogP contribution < -0.4 is 10.1 Å². The van der Waals surface area contributed by atoms with Crippen molar-refractivity contribution < 1.29 is 18.3 Å². The Kier molecular flexibility index (Phi) is 6.46. The van der Waals surface area contributed by atoms with Gasteiger partial charge in [0.15, 0.2) is 6.10 Å². The molecule has 2 atom stereocenters. The number of nitrogens with zero attached hydrogens (tertiary/aromatic N) is 3. The molecule has 0 spiro atoms. The van der Waals surface area contributed by atoms with Gasteiger partial charge in [0, 0.05) is 5.69 Å². The summed E-state index contributed by atoms with van der Waals surface area (Å²) < 4.78 is 24.2. The molecule has 0 aliphatic rings. The first-order chi connectivity index (χ1) is 13.9. The SMILES string of the molecule is C[C@H](Sc1nnc([C@H](C)Oc2ccc(F)cc2)o1)C(=O)Nc1ccc(C#N)cc1. The van der Waals surface area contributed by atoms with Crippen LogP contribution in [0.4, 0.5) is 10.1 Å². The zero-order valence-corrected chi connectivity index (χ0v) is 16.4. The highest BCUT2D eigenvalue weighted by Crippen LogP contribution is 2.27. The van der Waals surface area contributed by atoms with E-state index in [9.17, 15) is 9.18 Å². The summed E-state index contributed by atoms with van der Waals surface area (Å²) in [5.41, 5.74) is 1.11. The third-order valence-corrected chi connectivity index (χ3v) is 4.76. The van der Waals surface area contributed by atoms with Crippen LogP contribution in [0.15, 0.2) is 58.2 Å². The van der Waals surface area contributed by atoms with Crippen LogP contribution in [0, 0.1) is 17.1 Å². The van der Waals surface area contributed by atoms with Gasteiger partial charge in [0.05, 0.1) is 16.9 Å². The maximum Gasteiger partial charge on any atom is 0.277 e. The Morgan fingerprint density at radius 3 is 2.52 bits per heavy atom. The van der Waals surface area contributed by atoms with E-state index in [1.165, 1.54) is 24.3 Å². The van der Waals surface area contributed by atoms with Gasteiger partial charge >= 0.3 is 0 Å². The third-order valence-electron chi connectivity index (χ3n) is 3.82. The number of nitrogens with one attached hydrogen (secondary N) is 1. The number of hydrogen-bond donors (Lipinski definition) is 1. The van der Waals surface area contributed by atoms with E-state index in [1.807, 2.05) is 6.07 Å². The van der Waals surface area contributed by atoms with E-state index < -0.39 is 11.4 Å². The molecule has 0 unspecified atom stereocenters. The molecule has 29 heavy (non-hydrogen) atoms. The molecule has 9 heteroatoms. The van der Waals surface area contributed by atoms with Crippen LogP contribution in [0.25, 0.3) is 0 Å². The summed E-state index contributed by atoms with van der Waals surface area (Å²) in [6.07, 6.45) is -0.537. The van der Waals surface area contributed by atoms with Crippen molar-refractivity contribution in [1.82, 2.24) is 10.2 Å². The zero-order valence-electron chi connectivity index (χ0n) is 15.6. The molecule has 1 N–H and O–H groups in total. The molecule has 1 amide bonds. The Labute approximate surface area is 170 Å². The van der Waals surface area contributed by atoms with Crippen LogP contribution >= 0.6 is 11.8 Å². The smallest absolute Gasteiger partial charge is 0.277 e. The number of hydrogen-bond acceptors (Lipinski definition) is 7. The van der Waals surface area contributed by atoms with Crippen LogP contribution in [-0.2, 0) is 4.79 Å². The van der Waals surface area contributed by atoms with E-state index in [-0.39, 0.29) is 22.8 Å². The molecule has 3 rings (SSSR count). The van der Waals surface area contributed by atoms with Crippen LogP contribution in [0.5, 0.6) is 5.75 Å². The molecule has 0 saturated heterocycles. The van der Waals surface area contributed by atoms with Gasteiger partial charge < -0.3 is 14.5 Å². The lowest BCUT2D eigenvalue weighted by Gasteiger charge is -2.11. The normalized spacial score (nSPS) is 12.6. The van der Waals surface area contributed by atoms with Crippen molar-refractivity contribution in [1.29, 1.82) is 5.26 Å². The van der Waals surface area contributed by atoms with Gasteiger partial charge in [-0.05, 0) is 62.4 Å². The topological polar surface area (TPSA) is 101 Å². The van der Waals surface area contributed by atoms with E-state index in [1.54, 1.807) is 38.1 Å². The second-order valence-electron chi connectivity index (χ2n) is 6.06. The lowest BCUT2D eigenvalue weighted by Crippen LogP contribution is -2.22. The van der Waals surface area contributed by atoms with Crippen LogP contribution in [0.1, 0.15) is 31.4 Å². The monoisotopic (exact) mass is 412 g/mol. The molecule has 0 radical (unpaired) electrons. The van der Waals surface area contributed by atoms with Gasteiger partial charge in [-0.25, -0.2) is 4.39 Å². The molecule has 0 aliphatic carbocycles. The number of carbonyl (C=O) groups excluding carboxylic acids is 1. The lowest BCUT2D eigenvalue weighted by molar-refractivity contribution is -0.115. The van der Waals surface area contributed by atoms with Crippen molar-refractivity contribution in [2.45, 2.75) is 30.4 Å². The van der Waals surface area contributed by atoms with Crippen molar-refractivity contribution in [3.63, 3.8) is 0 Å². The maximum atomic E-state index is 13.0. The Bertz CT molecular complexity index is 1020. The number of rotatable bonds is 7. The quantitative estimate of drug-likeness (QED) is 0.576. The third kappa shape index (κ3) is 5.56. The Hall–Kier alpha value is -3.38. The number of halogens is 1. The molecule has 1 heterocycles. The van der Waals surface area contributed by atoms with E-state index in [2.05, 4.69) is 15.5 Å². The first-order valence-corrected chi connectivity index (χ1v) is 9.56. The average molecular weight is 412 g/mol. The molecule has 0 fully saturated rings. The van der Waals surface area contributed by atoms with Crippen molar-refractivity contribution >= 4 is 23.4 Å². The summed E-state index contributed by atoms with van der Waals surface area (Å²) in [6, 6.07) is 14.2. The van der Waals surface area contributed by atoms with Crippen LogP contribution in [-0.4, -0.2) is 21.4 Å². The molecular weight excluding hydrogens is 395 g/mol. The second-order valence-corrected chi connectivity index (χ2v) is 7.35. The molecule has 0 bridgehead atoms. The Balaban J connectivity index is 1.56. The number of benzene rings is 2. The zero-order chi connectivity index (χ0) is 20.8. The number of amides is 1. The summed E-state index contributed by atoms with van der Waals surface area (Å²) in [7, 11) is 0. The van der Waals surface area contributed by atoms with Crippen LogP contribution in [0.3, 0.4) is 0 Å². The number of thioether (sulfide) groups is 1. The highest BCUT2D eigenvalue weighted by Gasteiger charge is 2.21. The molecule has 1 aromatic heterocycles. The Morgan fingerprint density at radius 2 is 1.86 bits per heavy atom. The van der Waals surface area contributed by atoms with Crippen molar-refractivity contribution in [3.05, 3.63) is 65.8 Å². The number of anilines is 1. The largest absolute Gasteiger partial charge is 0.481 e. The van der Waals surface area contributed by atoms with Crippen LogP contribution in [0.2, 0.25) is 0 Å². The molecule has 0 aliphatic heterocycles. The highest BCUT2D eigenvalue weighted by molar-refractivity contribution is 8.00. The van der Waals surface area contributed by atoms with Gasteiger partial charge in [0.25, 0.3) is 11.1 Å². The van der Waals surface area contributed by atoms with Gasteiger partial charge in [-0.15, -0.1) is 10.2 Å². The van der Waals surface area contributed by atoms with Crippen molar-refractivity contribution in [2.24, 2.45) is 0 Å². The Morgan fingerprint density at radius 1 is 1.17 bits per heavy atom. The first-order valence-electron chi connectivity index (χ1n) is 8.68. The number of carbonyl (C=O) groups is 1. The van der Waals surface area contributed by atoms with Gasteiger partial charge in [0.1, 0.15) is 11.6 Å². The van der Waals surface area contributed by atoms with E-state index in [0.717, 1.165) is 11.8 Å². The lowest BCUT2D eigenvalue weighted by atomic mass is 10.2. The highest BCUT2D eigenvalue weighted by atomic mass is 32.2. The van der Waals surface area contributed by atoms with E-state index >= 15 is 0 Å². The van der Waals surface area contributed by atoms with Crippen molar-refractivity contribution in [3.8, 4) is 11.8 Å². The van der Waals surface area contributed by atoms with E-state index in [4.69, 9.17) is 14.4 Å². The fraction of sp³-hybridized carbons (Fsp3) is 0.200. The predicted molar refractivity (Wildman–Crippen MR) is 105 cm³/mol. The molecule has 0 saturated carbocycles. The second kappa shape index (κ2) is 9.21. The summed E-state index contributed by atoms with van der Waals surface area (Å²) in [5, 5.41) is 19.2. The number of nitriles is 1. The van der Waals surface area contributed by atoms with Crippen molar-refractivity contribution in [2.75, 3.05) is 5.32 Å². The predicted octanol–water partition coefficient (Wildman–Crippen LogP) is 4.34. The van der Waals surface area contributed by atoms with Gasteiger partial charge in [-0.1, -0.05) is 11.8 Å². The molecular formula is C20H17FN4O3S. The summed E-state index contributed by atoms with van der Waals surface area (Å²) in [6.45, 7) is 3.44. The van der Waals surface area contributed by atoms with Gasteiger partial charge in [0.2, 0.25) is 5.91 Å². The number of aromatic nitrogens is 2. The maximum absolute atomic E-state index is 13.0. The molecule has 148 valence electrons. The molecule has 2 aromatic carbocycles. The average Bonchev–Trinajstić information content (AvgIpc) is 3.19. The molecule has 3 aromatic rings. The summed E-state index contributed by atoms with van der Waals surface area (Å²) in [5.74, 6) is 0.128. The fourth-order valence-electron chi connectivity index (χ4n) is 2.28. The summed E-state index contributed by atoms with van der Waals surface area (Å²) in [4.78, 5) is 12.3. The van der Waals surface area contributed by atoms with Gasteiger partial charge in [-0.2, -0.15) is 5.26 Å². The minimum absolute atomic E-state index is 0.233. The first kappa shape index (κ1) is 20.4. The minimum Gasteiger partial charge on any atom is -0.481 e. The van der Waals surface area contributed by atoms with E-state index in [0.29, 0.717) is 17.0 Å². The standard InChI is InChI=1S/C20H17FN4O3S/c1-12(27-17-9-5-15(21)6-10-17)19-24-25-20(28-19)29-13(2)18(26)23-16-7-3-14(11-22)4-8-16/h3-10,12-13H,1-2H3,(H,23,26)/t12-,13-/m0/s1. The number of ether oxygens (including phenoxy) is 1. The fourth-order valence-corrected chi connectivity index (χ4v) is 2.97. The summed E-state index contributed by atoms with van der Waals surface area (Å²) >= 11 is 1.12. The minimum atomic E-state index is -0.537. The molecule has 7 nitrogen and oxygen atoms in total.